The fraction of sp³-hybridized carbons (Fsp3) is 0.444. The number of amides is 2. The van der Waals surface area contributed by atoms with E-state index in [4.69, 9.17) is 0 Å². The molecule has 0 saturated heterocycles. The van der Waals surface area contributed by atoms with Crippen LogP contribution in [-0.4, -0.2) is 54.1 Å². The van der Waals surface area contributed by atoms with Crippen LogP contribution in [0.4, 0.5) is 0 Å². The second-order valence-electron chi connectivity index (χ2n) is 7.10. The topological polar surface area (TPSA) is 130 Å². The largest absolute Gasteiger partial charge is 0.356 e. The summed E-state index contributed by atoms with van der Waals surface area (Å²) in [6.45, 7) is 2.23. The van der Waals surface area contributed by atoms with Crippen LogP contribution in [0.1, 0.15) is 43.1 Å². The summed E-state index contributed by atoms with van der Waals surface area (Å²) < 4.78 is 1.65. The Bertz CT molecular complexity index is 973. The predicted octanol–water partition coefficient (Wildman–Crippen LogP) is 0.963. The van der Waals surface area contributed by atoms with Gasteiger partial charge in [0.2, 0.25) is 11.9 Å². The molecule has 3 heterocycles. The number of carbonyl (C=O) groups excluding carboxylic acids is 2. The number of carbonyl (C=O) groups is 2. The number of aromatic amines is 1. The first-order valence-corrected chi connectivity index (χ1v) is 9.35. The van der Waals surface area contributed by atoms with Crippen molar-refractivity contribution < 1.29 is 9.59 Å². The molecule has 0 aliphatic heterocycles. The molecule has 0 spiro atoms. The number of hydrogen-bond donors (Lipinski definition) is 3. The molecule has 10 heteroatoms. The van der Waals surface area contributed by atoms with Crippen molar-refractivity contribution in [1.82, 2.24) is 40.3 Å². The fourth-order valence-electron chi connectivity index (χ4n) is 3.54. The predicted molar refractivity (Wildman–Crippen MR) is 101 cm³/mol. The van der Waals surface area contributed by atoms with Crippen LogP contribution in [0, 0.1) is 5.92 Å². The Kier molecular flexibility index (Phi) is 5.00. The van der Waals surface area contributed by atoms with Crippen LogP contribution in [-0.2, 0) is 4.79 Å². The molecule has 0 bridgehead atoms. The third kappa shape index (κ3) is 3.85. The van der Waals surface area contributed by atoms with Crippen LogP contribution in [0.15, 0.2) is 24.9 Å². The molecule has 3 N–H and O–H groups in total. The van der Waals surface area contributed by atoms with Crippen LogP contribution < -0.4 is 10.6 Å². The number of nitrogens with one attached hydrogen (secondary N) is 3. The van der Waals surface area contributed by atoms with Gasteiger partial charge in [-0.3, -0.25) is 19.3 Å². The second-order valence-corrected chi connectivity index (χ2v) is 7.10. The molecule has 0 radical (unpaired) electrons. The number of hydrogen-bond acceptors (Lipinski definition) is 6. The summed E-state index contributed by atoms with van der Waals surface area (Å²) in [5, 5.41) is 12.8. The van der Waals surface area contributed by atoms with E-state index >= 15 is 0 Å². The van der Waals surface area contributed by atoms with Crippen molar-refractivity contribution in [3.05, 3.63) is 30.6 Å². The second kappa shape index (κ2) is 7.75. The van der Waals surface area contributed by atoms with E-state index in [0.29, 0.717) is 29.4 Å². The fourth-order valence-corrected chi connectivity index (χ4v) is 3.54. The summed E-state index contributed by atoms with van der Waals surface area (Å²) in [6.07, 6.45) is 10.2. The minimum absolute atomic E-state index is 0.00328. The highest BCUT2D eigenvalue weighted by Gasteiger charge is 2.25. The van der Waals surface area contributed by atoms with E-state index in [1.807, 2.05) is 0 Å². The quantitative estimate of drug-likeness (QED) is 0.602. The standard InChI is InChI=1S/C18H22N8O2/c1-11(27)20-8-12-2-4-13(5-3-12)22-17(28)16-15-14(9-21-25-15)23-18(24-16)26-7-6-19-10-26/h6-7,9-10,12-13H,2-5,8H2,1H3,(H,20,27)(H,21,25)(H,22,28). The zero-order valence-corrected chi connectivity index (χ0v) is 15.6. The number of H-pyrrole nitrogens is 1. The highest BCUT2D eigenvalue weighted by molar-refractivity contribution is 6.02. The van der Waals surface area contributed by atoms with Crippen LogP contribution in [0.2, 0.25) is 0 Å². The molecule has 2 amide bonds. The van der Waals surface area contributed by atoms with Crippen molar-refractivity contribution >= 4 is 22.8 Å². The molecule has 3 aromatic rings. The zero-order valence-electron chi connectivity index (χ0n) is 15.6. The van der Waals surface area contributed by atoms with Gasteiger partial charge in [-0.1, -0.05) is 0 Å². The number of rotatable bonds is 5. The molecule has 0 aromatic carbocycles. The maximum Gasteiger partial charge on any atom is 0.272 e. The van der Waals surface area contributed by atoms with Gasteiger partial charge in [-0.2, -0.15) is 5.10 Å². The summed E-state index contributed by atoms with van der Waals surface area (Å²) in [5.74, 6) is 0.582. The molecular weight excluding hydrogens is 360 g/mol. The average molecular weight is 382 g/mol. The molecule has 1 aliphatic carbocycles. The molecule has 28 heavy (non-hydrogen) atoms. The highest BCUT2D eigenvalue weighted by Crippen LogP contribution is 2.24. The van der Waals surface area contributed by atoms with E-state index < -0.39 is 0 Å². The molecular formula is C18H22N8O2. The lowest BCUT2D eigenvalue weighted by Gasteiger charge is -2.29. The zero-order chi connectivity index (χ0) is 19.5. The maximum absolute atomic E-state index is 12.9. The molecule has 3 aromatic heterocycles. The van der Waals surface area contributed by atoms with E-state index in [1.165, 1.54) is 6.92 Å². The van der Waals surface area contributed by atoms with Crippen molar-refractivity contribution in [2.24, 2.45) is 5.92 Å². The van der Waals surface area contributed by atoms with Crippen LogP contribution in [0.5, 0.6) is 0 Å². The van der Waals surface area contributed by atoms with Gasteiger partial charge in [-0.25, -0.2) is 15.0 Å². The summed E-state index contributed by atoms with van der Waals surface area (Å²) in [4.78, 5) is 36.8. The number of aromatic nitrogens is 6. The lowest BCUT2D eigenvalue weighted by atomic mass is 9.86. The molecule has 146 valence electrons. The van der Waals surface area contributed by atoms with Gasteiger partial charge in [0, 0.05) is 31.9 Å². The highest BCUT2D eigenvalue weighted by atomic mass is 16.2. The van der Waals surface area contributed by atoms with Gasteiger partial charge in [-0.05, 0) is 31.6 Å². The van der Waals surface area contributed by atoms with Gasteiger partial charge < -0.3 is 10.6 Å². The van der Waals surface area contributed by atoms with Crippen molar-refractivity contribution in [2.45, 2.75) is 38.6 Å². The molecule has 1 fully saturated rings. The Morgan fingerprint density at radius 2 is 2.07 bits per heavy atom. The van der Waals surface area contributed by atoms with E-state index in [2.05, 4.69) is 35.8 Å². The Morgan fingerprint density at radius 1 is 1.25 bits per heavy atom. The van der Waals surface area contributed by atoms with Gasteiger partial charge in [-0.15, -0.1) is 0 Å². The average Bonchev–Trinajstić information content (AvgIpc) is 3.38. The molecule has 0 atom stereocenters. The third-order valence-electron chi connectivity index (χ3n) is 5.06. The van der Waals surface area contributed by atoms with Crippen molar-refractivity contribution in [1.29, 1.82) is 0 Å². The summed E-state index contributed by atoms with van der Waals surface area (Å²) in [6, 6.07) is 0.0886. The summed E-state index contributed by atoms with van der Waals surface area (Å²) >= 11 is 0. The minimum Gasteiger partial charge on any atom is -0.356 e. The van der Waals surface area contributed by atoms with E-state index in [1.54, 1.807) is 29.5 Å². The summed E-state index contributed by atoms with van der Waals surface area (Å²) in [5.41, 5.74) is 1.36. The molecule has 1 saturated carbocycles. The first-order valence-electron chi connectivity index (χ1n) is 9.35. The summed E-state index contributed by atoms with van der Waals surface area (Å²) in [7, 11) is 0. The Morgan fingerprint density at radius 3 is 2.79 bits per heavy atom. The van der Waals surface area contributed by atoms with Crippen molar-refractivity contribution in [3.63, 3.8) is 0 Å². The number of fused-ring (bicyclic) bond motifs is 1. The Hall–Kier alpha value is -3.30. The number of nitrogens with zero attached hydrogens (tertiary/aromatic N) is 5. The SMILES string of the molecule is CC(=O)NCC1CCC(NC(=O)c2nc(-n3ccnc3)nc3cn[nH]c23)CC1. The molecule has 10 nitrogen and oxygen atoms in total. The lowest BCUT2D eigenvalue weighted by molar-refractivity contribution is -0.119. The lowest BCUT2D eigenvalue weighted by Crippen LogP contribution is -2.40. The van der Waals surface area contributed by atoms with Gasteiger partial charge >= 0.3 is 0 Å². The van der Waals surface area contributed by atoms with Gasteiger partial charge in [0.1, 0.15) is 17.4 Å². The third-order valence-corrected chi connectivity index (χ3v) is 5.06. The van der Waals surface area contributed by atoms with Gasteiger partial charge in [0.05, 0.1) is 6.20 Å². The smallest absolute Gasteiger partial charge is 0.272 e. The molecule has 0 unspecified atom stereocenters. The van der Waals surface area contributed by atoms with Crippen LogP contribution >= 0.6 is 0 Å². The van der Waals surface area contributed by atoms with Gasteiger partial charge in [0.15, 0.2) is 5.69 Å². The van der Waals surface area contributed by atoms with Gasteiger partial charge in [0.25, 0.3) is 5.91 Å². The Balaban J connectivity index is 1.46. The first kappa shape index (κ1) is 18.1. The van der Waals surface area contributed by atoms with Crippen molar-refractivity contribution in [3.8, 4) is 5.95 Å². The van der Waals surface area contributed by atoms with E-state index in [-0.39, 0.29) is 23.6 Å². The van der Waals surface area contributed by atoms with E-state index in [9.17, 15) is 9.59 Å². The van der Waals surface area contributed by atoms with Crippen molar-refractivity contribution in [2.75, 3.05) is 6.54 Å². The van der Waals surface area contributed by atoms with Crippen LogP contribution in [0.3, 0.4) is 0 Å². The van der Waals surface area contributed by atoms with Crippen LogP contribution in [0.25, 0.3) is 17.0 Å². The van der Waals surface area contributed by atoms with E-state index in [0.717, 1.165) is 25.7 Å². The number of imidazole rings is 1. The first-order chi connectivity index (χ1) is 13.6. The Labute approximate surface area is 161 Å². The monoisotopic (exact) mass is 382 g/mol. The molecule has 1 aliphatic rings. The maximum atomic E-state index is 12.9. The normalized spacial score (nSPS) is 19.5. The molecule has 4 rings (SSSR count). The minimum atomic E-state index is -0.247.